The minimum Gasteiger partial charge on any atom is -0.469 e. The largest absolute Gasteiger partial charge is 0.469 e. The summed E-state index contributed by atoms with van der Waals surface area (Å²) in [7, 11) is 1.33. The Morgan fingerprint density at radius 1 is 1.19 bits per heavy atom. The molecular weight excluding hydrogens is 313 g/mol. The first kappa shape index (κ1) is 17.8. The summed E-state index contributed by atoms with van der Waals surface area (Å²) in [4.78, 5) is 25.7. The molecule has 0 aliphatic heterocycles. The Bertz CT molecular complexity index is 532. The second-order valence-electron chi connectivity index (χ2n) is 5.10. The van der Waals surface area contributed by atoms with Crippen LogP contribution in [0.15, 0.2) is 18.2 Å². The van der Waals surface area contributed by atoms with Crippen LogP contribution >= 0.6 is 23.2 Å². The van der Waals surface area contributed by atoms with Gasteiger partial charge in [0.05, 0.1) is 23.1 Å². The zero-order valence-corrected chi connectivity index (χ0v) is 14.0. The molecule has 0 N–H and O–H groups in total. The summed E-state index contributed by atoms with van der Waals surface area (Å²) in [6.07, 6.45) is 0. The van der Waals surface area contributed by atoms with Crippen LogP contribution in [0.2, 0.25) is 10.0 Å². The number of benzene rings is 1. The Balaban J connectivity index is 2.97. The molecule has 1 atom stereocenters. The van der Waals surface area contributed by atoms with Crippen LogP contribution in [0.5, 0.6) is 0 Å². The smallest absolute Gasteiger partial charge is 0.310 e. The van der Waals surface area contributed by atoms with E-state index >= 15 is 0 Å². The van der Waals surface area contributed by atoms with Crippen molar-refractivity contribution in [2.45, 2.75) is 26.8 Å². The molecule has 0 heterocycles. The third kappa shape index (κ3) is 4.61. The molecule has 1 amide bonds. The maximum Gasteiger partial charge on any atom is 0.310 e. The third-order valence-corrected chi connectivity index (χ3v) is 3.86. The van der Waals surface area contributed by atoms with Crippen molar-refractivity contribution in [2.75, 3.05) is 13.7 Å². The fraction of sp³-hybridized carbons (Fsp3) is 0.467. The van der Waals surface area contributed by atoms with Crippen LogP contribution in [0.1, 0.15) is 31.1 Å². The number of nitrogens with zero attached hydrogens (tertiary/aromatic N) is 1. The van der Waals surface area contributed by atoms with Crippen LogP contribution < -0.4 is 0 Å². The number of ether oxygens (including phenoxy) is 1. The fourth-order valence-electron chi connectivity index (χ4n) is 1.89. The Morgan fingerprint density at radius 2 is 1.81 bits per heavy atom. The summed E-state index contributed by atoms with van der Waals surface area (Å²) in [6, 6.07) is 4.68. The van der Waals surface area contributed by atoms with Crippen molar-refractivity contribution >= 4 is 35.1 Å². The van der Waals surface area contributed by atoms with Crippen molar-refractivity contribution in [3.8, 4) is 0 Å². The fourth-order valence-corrected chi connectivity index (χ4v) is 2.19. The van der Waals surface area contributed by atoms with Gasteiger partial charge in [0.15, 0.2) is 0 Å². The van der Waals surface area contributed by atoms with Crippen molar-refractivity contribution in [1.29, 1.82) is 0 Å². The molecule has 0 aromatic heterocycles. The minimum absolute atomic E-state index is 0.0564. The molecule has 0 aliphatic rings. The van der Waals surface area contributed by atoms with Gasteiger partial charge in [-0.3, -0.25) is 9.59 Å². The highest BCUT2D eigenvalue weighted by Crippen LogP contribution is 2.24. The van der Waals surface area contributed by atoms with E-state index in [2.05, 4.69) is 0 Å². The van der Waals surface area contributed by atoms with E-state index in [1.165, 1.54) is 13.2 Å². The summed E-state index contributed by atoms with van der Waals surface area (Å²) in [6.45, 7) is 5.78. The Hall–Kier alpha value is -1.26. The number of amides is 1. The van der Waals surface area contributed by atoms with Gasteiger partial charge in [-0.25, -0.2) is 0 Å². The maximum absolute atomic E-state index is 12.6. The normalized spacial score (nSPS) is 12.1. The topological polar surface area (TPSA) is 46.6 Å². The predicted octanol–water partition coefficient (Wildman–Crippen LogP) is 3.65. The van der Waals surface area contributed by atoms with Crippen molar-refractivity contribution in [1.82, 2.24) is 4.90 Å². The monoisotopic (exact) mass is 331 g/mol. The van der Waals surface area contributed by atoms with Crippen LogP contribution in [-0.2, 0) is 9.53 Å². The molecule has 1 unspecified atom stereocenters. The highest BCUT2D eigenvalue weighted by Gasteiger charge is 2.24. The van der Waals surface area contributed by atoms with E-state index in [0.29, 0.717) is 15.6 Å². The molecular formula is C15H19Cl2NO3. The number of hydrogen-bond acceptors (Lipinski definition) is 3. The SMILES string of the molecule is COC(=O)C(C)CN(C(=O)c1ccc(Cl)c(Cl)c1)C(C)C. The molecule has 0 spiro atoms. The van der Waals surface area contributed by atoms with E-state index in [-0.39, 0.29) is 24.5 Å². The van der Waals surface area contributed by atoms with Crippen LogP contribution in [0, 0.1) is 5.92 Å². The Morgan fingerprint density at radius 3 is 2.29 bits per heavy atom. The lowest BCUT2D eigenvalue weighted by Crippen LogP contribution is -2.41. The average molecular weight is 332 g/mol. The second-order valence-corrected chi connectivity index (χ2v) is 5.92. The van der Waals surface area contributed by atoms with E-state index in [9.17, 15) is 9.59 Å². The van der Waals surface area contributed by atoms with Gasteiger partial charge in [-0.2, -0.15) is 0 Å². The molecule has 0 aliphatic carbocycles. The molecule has 21 heavy (non-hydrogen) atoms. The quantitative estimate of drug-likeness (QED) is 0.773. The number of rotatable bonds is 5. The third-order valence-electron chi connectivity index (χ3n) is 3.12. The highest BCUT2D eigenvalue weighted by atomic mass is 35.5. The maximum atomic E-state index is 12.6. The van der Waals surface area contributed by atoms with Crippen molar-refractivity contribution < 1.29 is 14.3 Å². The number of carbonyl (C=O) groups excluding carboxylic acids is 2. The summed E-state index contributed by atoms with van der Waals surface area (Å²) in [5, 5.41) is 0.722. The van der Waals surface area contributed by atoms with Crippen molar-refractivity contribution in [3.63, 3.8) is 0 Å². The summed E-state index contributed by atoms with van der Waals surface area (Å²) in [5.74, 6) is -0.939. The van der Waals surface area contributed by atoms with Crippen molar-refractivity contribution in [2.24, 2.45) is 5.92 Å². The molecule has 1 aromatic rings. The van der Waals surface area contributed by atoms with Gasteiger partial charge in [0, 0.05) is 18.2 Å². The first-order valence-corrected chi connectivity index (χ1v) is 7.37. The molecule has 4 nitrogen and oxygen atoms in total. The number of carbonyl (C=O) groups is 2. The van der Waals surface area contributed by atoms with Gasteiger partial charge in [-0.1, -0.05) is 30.1 Å². The van der Waals surface area contributed by atoms with Gasteiger partial charge < -0.3 is 9.64 Å². The van der Waals surface area contributed by atoms with Gasteiger partial charge in [0.2, 0.25) is 0 Å². The molecule has 0 saturated heterocycles. The lowest BCUT2D eigenvalue weighted by atomic mass is 10.1. The van der Waals surface area contributed by atoms with Crippen molar-refractivity contribution in [3.05, 3.63) is 33.8 Å². The zero-order valence-electron chi connectivity index (χ0n) is 12.5. The molecule has 6 heteroatoms. The van der Waals surface area contributed by atoms with Crippen LogP contribution in [0.3, 0.4) is 0 Å². The summed E-state index contributed by atoms with van der Waals surface area (Å²) >= 11 is 11.8. The Kier molecular flexibility index (Phi) is 6.49. The summed E-state index contributed by atoms with van der Waals surface area (Å²) < 4.78 is 4.70. The highest BCUT2D eigenvalue weighted by molar-refractivity contribution is 6.42. The molecule has 116 valence electrons. The first-order valence-electron chi connectivity index (χ1n) is 6.61. The number of esters is 1. The standard InChI is InChI=1S/C15H19Cl2NO3/c1-9(2)18(8-10(3)15(20)21-4)14(19)11-5-6-12(16)13(17)7-11/h5-7,9-10H,8H2,1-4H3. The van der Waals surface area contributed by atoms with Gasteiger partial charge >= 0.3 is 5.97 Å². The molecule has 1 rings (SSSR count). The molecule has 0 bridgehead atoms. The summed E-state index contributed by atoms with van der Waals surface area (Å²) in [5.41, 5.74) is 0.440. The molecule has 0 saturated carbocycles. The predicted molar refractivity (Wildman–Crippen MR) is 83.8 cm³/mol. The average Bonchev–Trinajstić information content (AvgIpc) is 2.45. The molecule has 1 aromatic carbocycles. The van der Waals surface area contributed by atoms with E-state index in [1.807, 2.05) is 13.8 Å². The van der Waals surface area contributed by atoms with Crippen LogP contribution in [0.4, 0.5) is 0 Å². The first-order chi connectivity index (χ1) is 9.77. The number of hydrogen-bond donors (Lipinski definition) is 0. The Labute approximate surface area is 135 Å². The van der Waals surface area contributed by atoms with E-state index in [1.54, 1.807) is 24.0 Å². The molecule has 0 radical (unpaired) electrons. The van der Waals surface area contributed by atoms with Crippen LogP contribution in [0.25, 0.3) is 0 Å². The van der Waals surface area contributed by atoms with Gasteiger partial charge in [-0.05, 0) is 32.0 Å². The van der Waals surface area contributed by atoms with Gasteiger partial charge in [0.1, 0.15) is 0 Å². The molecule has 0 fully saturated rings. The van der Waals surface area contributed by atoms with Gasteiger partial charge in [-0.15, -0.1) is 0 Å². The zero-order chi connectivity index (χ0) is 16.2. The van der Waals surface area contributed by atoms with E-state index in [4.69, 9.17) is 27.9 Å². The lowest BCUT2D eigenvalue weighted by molar-refractivity contribution is -0.145. The number of methoxy groups -OCH3 is 1. The second kappa shape index (κ2) is 7.66. The minimum atomic E-state index is -0.399. The van der Waals surface area contributed by atoms with E-state index in [0.717, 1.165) is 0 Å². The van der Waals surface area contributed by atoms with E-state index < -0.39 is 5.92 Å². The van der Waals surface area contributed by atoms with Crippen LogP contribution in [-0.4, -0.2) is 36.5 Å². The number of halogens is 2. The lowest BCUT2D eigenvalue weighted by Gasteiger charge is -2.29. The van der Waals surface area contributed by atoms with Gasteiger partial charge in [0.25, 0.3) is 5.91 Å².